The number of amides is 1. The van der Waals surface area contributed by atoms with Gasteiger partial charge in [0.15, 0.2) is 15.5 Å². The topological polar surface area (TPSA) is 121 Å². The lowest BCUT2D eigenvalue weighted by molar-refractivity contribution is -0.146. The first-order chi connectivity index (χ1) is 17.7. The first-order valence-corrected chi connectivity index (χ1v) is 14.1. The molecule has 2 saturated heterocycles. The number of hydrogen-bond donors (Lipinski definition) is 0. The number of carbonyl (C=O) groups is 2. The Labute approximate surface area is 215 Å². The molecule has 2 fully saturated rings. The monoisotopic (exact) mass is 526 g/mol. The normalized spacial score (nSPS) is 19.8. The van der Waals surface area contributed by atoms with Crippen molar-refractivity contribution < 1.29 is 27.5 Å². The number of fused-ring (bicyclic) bond motifs is 1. The maximum atomic E-state index is 13.9. The fraction of sp³-hybridized carbons (Fsp3) is 0.462. The Hall–Kier alpha value is -3.47. The van der Waals surface area contributed by atoms with E-state index in [0.29, 0.717) is 66.1 Å². The van der Waals surface area contributed by atoms with Gasteiger partial charge in [-0.2, -0.15) is 5.10 Å². The smallest absolute Gasteiger partial charge is 0.308 e. The van der Waals surface area contributed by atoms with Crippen molar-refractivity contribution in [3.8, 4) is 17.0 Å². The zero-order valence-electron chi connectivity index (χ0n) is 21.1. The van der Waals surface area contributed by atoms with Crippen molar-refractivity contribution in [2.75, 3.05) is 38.8 Å². The molecule has 0 radical (unpaired) electrons. The van der Waals surface area contributed by atoms with Crippen LogP contribution in [0.2, 0.25) is 0 Å². The van der Waals surface area contributed by atoms with Gasteiger partial charge >= 0.3 is 5.97 Å². The summed E-state index contributed by atoms with van der Waals surface area (Å²) in [6.07, 6.45) is 1.53. The number of aromatic nitrogens is 3. The highest BCUT2D eigenvalue weighted by Gasteiger charge is 2.34. The van der Waals surface area contributed by atoms with E-state index >= 15 is 0 Å². The summed E-state index contributed by atoms with van der Waals surface area (Å²) < 4.78 is 36.3. The maximum absolute atomic E-state index is 13.9. The van der Waals surface area contributed by atoms with E-state index in [2.05, 4.69) is 5.10 Å². The molecule has 2 aliphatic heterocycles. The molecule has 11 heteroatoms. The Morgan fingerprint density at radius 1 is 1.05 bits per heavy atom. The third kappa shape index (κ3) is 4.79. The SMILES string of the molecule is COC(=O)C1CCN(C(=O)c2cc(-c3ccc(OC)cc3)nc3c2c(C)nn3C2CCS(=O)(=O)C2)CC1. The molecule has 1 atom stereocenters. The number of carbonyl (C=O) groups excluding carboxylic acids is 2. The van der Waals surface area contributed by atoms with Gasteiger partial charge in [0, 0.05) is 18.7 Å². The van der Waals surface area contributed by atoms with Crippen LogP contribution in [0.4, 0.5) is 0 Å². The van der Waals surface area contributed by atoms with Crippen LogP contribution in [0.3, 0.4) is 0 Å². The third-order valence-corrected chi connectivity index (χ3v) is 9.07. The molecule has 3 aromatic rings. The van der Waals surface area contributed by atoms with E-state index in [0.717, 1.165) is 5.56 Å². The van der Waals surface area contributed by atoms with Crippen molar-refractivity contribution in [3.63, 3.8) is 0 Å². The van der Waals surface area contributed by atoms with Gasteiger partial charge in [-0.05, 0) is 56.5 Å². The number of benzene rings is 1. The number of rotatable bonds is 5. The predicted molar refractivity (Wildman–Crippen MR) is 137 cm³/mol. The van der Waals surface area contributed by atoms with Gasteiger partial charge in [-0.25, -0.2) is 18.1 Å². The average Bonchev–Trinajstić information content (AvgIpc) is 3.45. The van der Waals surface area contributed by atoms with Gasteiger partial charge in [0.1, 0.15) is 5.75 Å². The highest BCUT2D eigenvalue weighted by molar-refractivity contribution is 7.91. The second-order valence-electron chi connectivity index (χ2n) is 9.66. The number of sulfone groups is 1. The van der Waals surface area contributed by atoms with Gasteiger partial charge in [0.05, 0.1) is 60.0 Å². The van der Waals surface area contributed by atoms with Crippen LogP contribution >= 0.6 is 0 Å². The van der Waals surface area contributed by atoms with Crippen molar-refractivity contribution in [1.29, 1.82) is 0 Å². The largest absolute Gasteiger partial charge is 0.497 e. The van der Waals surface area contributed by atoms with Crippen molar-refractivity contribution in [3.05, 3.63) is 41.6 Å². The Kier molecular flexibility index (Phi) is 6.65. The van der Waals surface area contributed by atoms with Crippen LogP contribution < -0.4 is 4.74 Å². The molecule has 5 rings (SSSR count). The number of esters is 1. The molecule has 37 heavy (non-hydrogen) atoms. The predicted octanol–water partition coefficient (Wildman–Crippen LogP) is 2.80. The molecule has 4 heterocycles. The number of piperidine rings is 1. The van der Waals surface area contributed by atoms with Gasteiger partial charge < -0.3 is 14.4 Å². The standard InChI is InChI=1S/C26H30N4O6S/c1-16-23-21(25(31)29-11-8-18(9-12-29)26(32)36-3)14-22(17-4-6-20(35-2)7-5-17)27-24(23)30(28-16)19-10-13-37(33,34)15-19/h4-7,14,18-19H,8-13,15H2,1-3H3. The summed E-state index contributed by atoms with van der Waals surface area (Å²) in [6.45, 7) is 2.69. The fourth-order valence-electron chi connectivity index (χ4n) is 5.27. The minimum absolute atomic E-state index is 0.00197. The van der Waals surface area contributed by atoms with E-state index in [9.17, 15) is 18.0 Å². The molecule has 0 spiro atoms. The number of aryl methyl sites for hydroxylation is 1. The number of ether oxygens (including phenoxy) is 2. The second-order valence-corrected chi connectivity index (χ2v) is 11.9. The summed E-state index contributed by atoms with van der Waals surface area (Å²) in [6, 6.07) is 8.84. The Morgan fingerprint density at radius 2 is 1.76 bits per heavy atom. The molecule has 1 aromatic carbocycles. The molecule has 2 aromatic heterocycles. The lowest BCUT2D eigenvalue weighted by atomic mass is 9.96. The summed E-state index contributed by atoms with van der Waals surface area (Å²) in [5.41, 5.74) is 2.98. The Morgan fingerprint density at radius 3 is 2.35 bits per heavy atom. The van der Waals surface area contributed by atoms with E-state index in [-0.39, 0.29) is 35.3 Å². The van der Waals surface area contributed by atoms with Crippen molar-refractivity contribution in [2.45, 2.75) is 32.2 Å². The van der Waals surface area contributed by atoms with Crippen molar-refractivity contribution in [1.82, 2.24) is 19.7 Å². The highest BCUT2D eigenvalue weighted by atomic mass is 32.2. The van der Waals surface area contributed by atoms with Crippen LogP contribution in [0, 0.1) is 12.8 Å². The maximum Gasteiger partial charge on any atom is 0.308 e. The second kappa shape index (κ2) is 9.77. The molecular weight excluding hydrogens is 496 g/mol. The summed E-state index contributed by atoms with van der Waals surface area (Å²) in [5.74, 6) is 0.192. The van der Waals surface area contributed by atoms with Gasteiger partial charge in [-0.1, -0.05) is 0 Å². The zero-order chi connectivity index (χ0) is 26.3. The first-order valence-electron chi connectivity index (χ1n) is 12.3. The summed E-state index contributed by atoms with van der Waals surface area (Å²) in [5, 5.41) is 5.30. The minimum atomic E-state index is -3.15. The van der Waals surface area contributed by atoms with E-state index in [1.165, 1.54) is 7.11 Å². The number of pyridine rings is 1. The van der Waals surface area contributed by atoms with Gasteiger partial charge in [-0.3, -0.25) is 9.59 Å². The minimum Gasteiger partial charge on any atom is -0.497 e. The lowest BCUT2D eigenvalue weighted by Crippen LogP contribution is -2.40. The average molecular weight is 527 g/mol. The van der Waals surface area contributed by atoms with Gasteiger partial charge in [0.2, 0.25) is 0 Å². The number of methoxy groups -OCH3 is 2. The Bertz CT molecular complexity index is 1460. The molecule has 0 aliphatic carbocycles. The quantitative estimate of drug-likeness (QED) is 0.466. The van der Waals surface area contributed by atoms with Crippen LogP contribution in [0.5, 0.6) is 5.75 Å². The summed E-state index contributed by atoms with van der Waals surface area (Å²) in [7, 11) is -0.174. The van der Waals surface area contributed by atoms with E-state index in [1.807, 2.05) is 31.2 Å². The van der Waals surface area contributed by atoms with Crippen LogP contribution in [-0.4, -0.2) is 78.8 Å². The van der Waals surface area contributed by atoms with Crippen LogP contribution in [0.25, 0.3) is 22.3 Å². The van der Waals surface area contributed by atoms with Gasteiger partial charge in [0.25, 0.3) is 5.91 Å². The van der Waals surface area contributed by atoms with E-state index in [1.54, 1.807) is 22.8 Å². The number of nitrogens with zero attached hydrogens (tertiary/aromatic N) is 4. The van der Waals surface area contributed by atoms with Crippen molar-refractivity contribution in [2.24, 2.45) is 5.92 Å². The lowest BCUT2D eigenvalue weighted by Gasteiger charge is -2.31. The van der Waals surface area contributed by atoms with Crippen LogP contribution in [-0.2, 0) is 19.4 Å². The number of hydrogen-bond acceptors (Lipinski definition) is 8. The molecule has 10 nitrogen and oxygen atoms in total. The first kappa shape index (κ1) is 25.2. The summed E-state index contributed by atoms with van der Waals surface area (Å²) in [4.78, 5) is 32.5. The molecule has 2 aliphatic rings. The zero-order valence-corrected chi connectivity index (χ0v) is 22.0. The molecule has 1 amide bonds. The molecule has 196 valence electrons. The molecule has 0 saturated carbocycles. The van der Waals surface area contributed by atoms with Crippen molar-refractivity contribution >= 4 is 32.7 Å². The van der Waals surface area contributed by atoms with Crippen LogP contribution in [0.15, 0.2) is 30.3 Å². The summed E-state index contributed by atoms with van der Waals surface area (Å²) >= 11 is 0. The molecule has 0 bridgehead atoms. The fourth-order valence-corrected chi connectivity index (χ4v) is 6.96. The molecular formula is C26H30N4O6S. The molecule has 1 unspecified atom stereocenters. The highest BCUT2D eigenvalue weighted by Crippen LogP contribution is 2.33. The van der Waals surface area contributed by atoms with Gasteiger partial charge in [-0.15, -0.1) is 0 Å². The van der Waals surface area contributed by atoms with Crippen LogP contribution in [0.1, 0.15) is 41.4 Å². The number of likely N-dealkylation sites (tertiary alicyclic amines) is 1. The Balaban J connectivity index is 1.59. The van der Waals surface area contributed by atoms with E-state index < -0.39 is 9.84 Å². The molecule has 0 N–H and O–H groups in total. The third-order valence-electron chi connectivity index (χ3n) is 7.32. The van der Waals surface area contributed by atoms with E-state index in [4.69, 9.17) is 14.5 Å².